The maximum Gasteiger partial charge on any atom is 0.416 e. The van der Waals surface area contributed by atoms with Gasteiger partial charge in [-0.2, -0.15) is 13.2 Å². The molecule has 1 saturated heterocycles. The lowest BCUT2D eigenvalue weighted by atomic mass is 10.2. The smallest absolute Gasteiger partial charge is 0.416 e. The van der Waals surface area contributed by atoms with Crippen LogP contribution in [0, 0.1) is 0 Å². The number of halogens is 4. The lowest BCUT2D eigenvalue weighted by Gasteiger charge is -2.20. The van der Waals surface area contributed by atoms with E-state index in [2.05, 4.69) is 0 Å². The van der Waals surface area contributed by atoms with Gasteiger partial charge in [-0.1, -0.05) is 11.6 Å². The van der Waals surface area contributed by atoms with E-state index in [1.54, 1.807) is 18.2 Å². The van der Waals surface area contributed by atoms with Crippen LogP contribution in [0.5, 0.6) is 5.75 Å². The third-order valence-electron chi connectivity index (χ3n) is 3.95. The summed E-state index contributed by atoms with van der Waals surface area (Å²) in [7, 11) is 0. The molecule has 1 atom stereocenters. The molecule has 0 radical (unpaired) electrons. The zero-order chi connectivity index (χ0) is 17.3. The van der Waals surface area contributed by atoms with Crippen LogP contribution in [0.1, 0.15) is 12.0 Å². The van der Waals surface area contributed by atoms with E-state index in [0.29, 0.717) is 29.5 Å². The summed E-state index contributed by atoms with van der Waals surface area (Å²) in [5, 5.41) is 0.447. The summed E-state index contributed by atoms with van der Waals surface area (Å²) in [6.07, 6.45) is -3.63. The van der Waals surface area contributed by atoms with Crippen molar-refractivity contribution in [3.63, 3.8) is 0 Å². The maximum atomic E-state index is 12.6. The number of hydrogen-bond acceptors (Lipinski definition) is 3. The van der Waals surface area contributed by atoms with Gasteiger partial charge in [-0.25, -0.2) is 0 Å². The molecule has 0 amide bonds. The van der Waals surface area contributed by atoms with Crippen LogP contribution in [-0.2, 0) is 6.18 Å². The van der Waals surface area contributed by atoms with E-state index in [0.717, 1.165) is 24.2 Å². The standard InChI is InChI=1S/C17H16ClF3N2O/c18-15-9-12(22)3-6-16(15)24-14-7-8-23(10-14)13-4-1-11(2-5-13)17(19,20)21/h1-6,9,14H,7-8,10,22H2. The van der Waals surface area contributed by atoms with Crippen LogP contribution < -0.4 is 15.4 Å². The minimum atomic E-state index is -4.32. The Kier molecular flexibility index (Phi) is 4.49. The number of nitrogens with two attached hydrogens (primary N) is 1. The van der Waals surface area contributed by atoms with Crippen molar-refractivity contribution >= 4 is 23.0 Å². The minimum absolute atomic E-state index is 0.0755. The fourth-order valence-corrected chi connectivity index (χ4v) is 2.95. The summed E-state index contributed by atoms with van der Waals surface area (Å²) in [5.74, 6) is 0.560. The van der Waals surface area contributed by atoms with Gasteiger partial charge in [0, 0.05) is 24.3 Å². The van der Waals surface area contributed by atoms with Crippen molar-refractivity contribution in [2.75, 3.05) is 23.7 Å². The highest BCUT2D eigenvalue weighted by atomic mass is 35.5. The Hall–Kier alpha value is -2.08. The molecule has 0 spiro atoms. The van der Waals surface area contributed by atoms with Crippen LogP contribution in [0.2, 0.25) is 5.02 Å². The summed E-state index contributed by atoms with van der Waals surface area (Å²) in [6, 6.07) is 10.2. The Morgan fingerprint density at radius 2 is 1.83 bits per heavy atom. The second kappa shape index (κ2) is 6.43. The number of alkyl halides is 3. The number of benzene rings is 2. The van der Waals surface area contributed by atoms with Crippen molar-refractivity contribution in [2.24, 2.45) is 0 Å². The molecule has 1 aliphatic rings. The van der Waals surface area contributed by atoms with Crippen LogP contribution in [0.3, 0.4) is 0 Å². The number of ether oxygens (including phenoxy) is 1. The molecule has 2 aromatic rings. The molecule has 24 heavy (non-hydrogen) atoms. The molecular weight excluding hydrogens is 341 g/mol. The summed E-state index contributed by atoms with van der Waals surface area (Å²) in [6.45, 7) is 1.30. The molecule has 0 aliphatic carbocycles. The zero-order valence-electron chi connectivity index (χ0n) is 12.7. The maximum absolute atomic E-state index is 12.6. The molecule has 1 fully saturated rings. The number of nitrogens with zero attached hydrogens (tertiary/aromatic N) is 1. The zero-order valence-corrected chi connectivity index (χ0v) is 13.4. The van der Waals surface area contributed by atoms with Crippen LogP contribution in [0.4, 0.5) is 24.5 Å². The van der Waals surface area contributed by atoms with Crippen LogP contribution in [0.25, 0.3) is 0 Å². The molecule has 0 saturated carbocycles. The van der Waals surface area contributed by atoms with Crippen LogP contribution in [0.15, 0.2) is 42.5 Å². The average molecular weight is 357 g/mol. The van der Waals surface area contributed by atoms with Gasteiger partial charge in [-0.3, -0.25) is 0 Å². The van der Waals surface area contributed by atoms with Gasteiger partial charge < -0.3 is 15.4 Å². The average Bonchev–Trinajstić information content (AvgIpc) is 2.98. The SMILES string of the molecule is Nc1ccc(OC2CCN(c3ccc(C(F)(F)F)cc3)C2)c(Cl)c1. The van der Waals surface area contributed by atoms with E-state index in [1.807, 2.05) is 4.90 Å². The molecule has 0 aromatic heterocycles. The van der Waals surface area contributed by atoms with E-state index in [1.165, 1.54) is 12.1 Å². The van der Waals surface area contributed by atoms with Crippen molar-refractivity contribution in [3.05, 3.63) is 53.1 Å². The summed E-state index contributed by atoms with van der Waals surface area (Å²) >= 11 is 6.10. The molecule has 1 unspecified atom stereocenters. The molecule has 3 rings (SSSR count). The second-order valence-corrected chi connectivity index (χ2v) is 6.12. The summed E-state index contributed by atoms with van der Waals surface area (Å²) in [5.41, 5.74) is 6.31. The Morgan fingerprint density at radius 3 is 2.46 bits per heavy atom. The monoisotopic (exact) mass is 356 g/mol. The molecule has 3 nitrogen and oxygen atoms in total. The number of hydrogen-bond donors (Lipinski definition) is 1. The third-order valence-corrected chi connectivity index (χ3v) is 4.25. The predicted octanol–water partition coefficient (Wildman–Crippen LogP) is 4.60. The van der Waals surface area contributed by atoms with Crippen molar-refractivity contribution in [1.29, 1.82) is 0 Å². The lowest BCUT2D eigenvalue weighted by Crippen LogP contribution is -2.24. The van der Waals surface area contributed by atoms with Gasteiger partial charge in [-0.15, -0.1) is 0 Å². The fourth-order valence-electron chi connectivity index (χ4n) is 2.71. The molecule has 1 heterocycles. The highest BCUT2D eigenvalue weighted by molar-refractivity contribution is 6.32. The van der Waals surface area contributed by atoms with Crippen molar-refractivity contribution in [1.82, 2.24) is 0 Å². The highest BCUT2D eigenvalue weighted by Gasteiger charge is 2.31. The van der Waals surface area contributed by atoms with E-state index in [-0.39, 0.29) is 6.10 Å². The first-order chi connectivity index (χ1) is 11.3. The Labute approximate surface area is 142 Å². The number of rotatable bonds is 3. The van der Waals surface area contributed by atoms with Crippen LogP contribution in [-0.4, -0.2) is 19.2 Å². The molecule has 2 aromatic carbocycles. The van der Waals surface area contributed by atoms with Crippen molar-refractivity contribution in [2.45, 2.75) is 18.7 Å². The van der Waals surface area contributed by atoms with Gasteiger partial charge in [0.25, 0.3) is 0 Å². The summed E-state index contributed by atoms with van der Waals surface area (Å²) < 4.78 is 43.7. The van der Waals surface area contributed by atoms with E-state index in [4.69, 9.17) is 22.1 Å². The Balaban J connectivity index is 1.65. The normalized spacial score (nSPS) is 18.0. The molecule has 7 heteroatoms. The molecule has 128 valence electrons. The predicted molar refractivity (Wildman–Crippen MR) is 88.6 cm³/mol. The lowest BCUT2D eigenvalue weighted by molar-refractivity contribution is -0.137. The quantitative estimate of drug-likeness (QED) is 0.817. The van der Waals surface area contributed by atoms with Crippen molar-refractivity contribution < 1.29 is 17.9 Å². The first kappa shape index (κ1) is 16.8. The first-order valence-electron chi connectivity index (χ1n) is 7.47. The fraction of sp³-hybridized carbons (Fsp3) is 0.294. The Bertz CT molecular complexity index is 719. The highest BCUT2D eigenvalue weighted by Crippen LogP contribution is 2.32. The van der Waals surface area contributed by atoms with Gasteiger partial charge in [0.15, 0.2) is 0 Å². The van der Waals surface area contributed by atoms with E-state index < -0.39 is 11.7 Å². The molecular formula is C17H16ClF3N2O. The minimum Gasteiger partial charge on any atom is -0.487 e. The van der Waals surface area contributed by atoms with E-state index in [9.17, 15) is 13.2 Å². The number of anilines is 2. The van der Waals surface area contributed by atoms with Gasteiger partial charge >= 0.3 is 6.18 Å². The molecule has 1 aliphatic heterocycles. The number of nitrogen functional groups attached to an aromatic ring is 1. The van der Waals surface area contributed by atoms with Crippen LogP contribution >= 0.6 is 11.6 Å². The first-order valence-corrected chi connectivity index (χ1v) is 7.84. The molecule has 2 N–H and O–H groups in total. The van der Waals surface area contributed by atoms with Gasteiger partial charge in [-0.05, 0) is 42.5 Å². The largest absolute Gasteiger partial charge is 0.487 e. The summed E-state index contributed by atoms with van der Waals surface area (Å²) in [4.78, 5) is 2.00. The van der Waals surface area contributed by atoms with Gasteiger partial charge in [0.2, 0.25) is 0 Å². The van der Waals surface area contributed by atoms with Gasteiger partial charge in [0.1, 0.15) is 11.9 Å². The van der Waals surface area contributed by atoms with Gasteiger partial charge in [0.05, 0.1) is 17.1 Å². The molecule has 0 bridgehead atoms. The van der Waals surface area contributed by atoms with Crippen molar-refractivity contribution in [3.8, 4) is 5.75 Å². The Morgan fingerprint density at radius 1 is 1.12 bits per heavy atom. The second-order valence-electron chi connectivity index (χ2n) is 5.71. The third kappa shape index (κ3) is 3.70. The topological polar surface area (TPSA) is 38.5 Å². The van der Waals surface area contributed by atoms with E-state index >= 15 is 0 Å².